The Morgan fingerprint density at radius 3 is 2.52 bits per heavy atom. The van der Waals surface area contributed by atoms with Crippen LogP contribution in [0.4, 0.5) is 11.4 Å². The summed E-state index contributed by atoms with van der Waals surface area (Å²) in [6.07, 6.45) is 1.14. The summed E-state index contributed by atoms with van der Waals surface area (Å²) in [5.41, 5.74) is 1.30. The van der Waals surface area contributed by atoms with E-state index in [9.17, 15) is 18.3 Å². The number of anilines is 2. The summed E-state index contributed by atoms with van der Waals surface area (Å²) in [5, 5.41) is 12.7. The first-order chi connectivity index (χ1) is 12.8. The van der Waals surface area contributed by atoms with Crippen molar-refractivity contribution < 1.29 is 23.2 Å². The Morgan fingerprint density at radius 2 is 1.85 bits per heavy atom. The Kier molecular flexibility index (Phi) is 5.67. The van der Waals surface area contributed by atoms with Crippen molar-refractivity contribution in [2.75, 3.05) is 49.2 Å². The van der Waals surface area contributed by atoms with Crippen molar-refractivity contribution in [2.24, 2.45) is 0 Å². The van der Waals surface area contributed by atoms with Crippen LogP contribution in [0.15, 0.2) is 53.4 Å². The summed E-state index contributed by atoms with van der Waals surface area (Å²) in [6.45, 7) is 3.39. The molecule has 1 fully saturated rings. The number of amides is 1. The molecule has 0 aliphatic carbocycles. The number of carbonyl (C=O) groups is 1. The van der Waals surface area contributed by atoms with Crippen molar-refractivity contribution in [1.82, 2.24) is 0 Å². The van der Waals surface area contributed by atoms with Crippen LogP contribution in [0.3, 0.4) is 0 Å². The highest BCUT2D eigenvalue weighted by molar-refractivity contribution is 7.90. The zero-order valence-electron chi connectivity index (χ0n) is 15.2. The summed E-state index contributed by atoms with van der Waals surface area (Å²) < 4.78 is 23.2. The maximum Gasteiger partial charge on any atom is 0.279 e. The fourth-order valence-corrected chi connectivity index (χ4v) is 3.88. The molecule has 0 aromatic heterocycles. The van der Waals surface area contributed by atoms with E-state index in [0.717, 1.165) is 43.0 Å². The maximum atomic E-state index is 12.3. The second-order valence-corrected chi connectivity index (χ2v) is 8.77. The molecule has 8 heteroatoms. The molecule has 2 aromatic carbocycles. The smallest absolute Gasteiger partial charge is 0.279 e. The van der Waals surface area contributed by atoms with Gasteiger partial charge in [0.05, 0.1) is 36.8 Å². The molecular weight excluding hydrogens is 366 g/mol. The van der Waals surface area contributed by atoms with Crippen LogP contribution in [0.2, 0.25) is 0 Å². The van der Waals surface area contributed by atoms with Gasteiger partial charge in [0.15, 0.2) is 16.4 Å². The number of nitrogens with zero attached hydrogens (tertiary/aromatic N) is 1. The molecule has 0 radical (unpaired) electrons. The Hall–Kier alpha value is -2.58. The molecular formula is C19H24N3O4S+. The topological polar surface area (TPSA) is 91.2 Å². The van der Waals surface area contributed by atoms with Crippen LogP contribution < -0.4 is 15.1 Å². The number of aromatic hydroxyl groups is 1. The highest BCUT2D eigenvalue weighted by atomic mass is 32.2. The lowest BCUT2D eigenvalue weighted by atomic mass is 10.2. The van der Waals surface area contributed by atoms with E-state index in [2.05, 4.69) is 10.2 Å². The molecule has 2 aromatic rings. The molecule has 1 heterocycles. The third kappa shape index (κ3) is 4.99. The van der Waals surface area contributed by atoms with Crippen molar-refractivity contribution in [1.29, 1.82) is 0 Å². The van der Waals surface area contributed by atoms with Gasteiger partial charge >= 0.3 is 0 Å². The number of quaternary nitrogens is 1. The third-order valence-electron chi connectivity index (χ3n) is 4.65. The van der Waals surface area contributed by atoms with E-state index in [-0.39, 0.29) is 16.6 Å². The summed E-state index contributed by atoms with van der Waals surface area (Å²) in [4.78, 5) is 15.8. The normalized spacial score (nSPS) is 15.5. The van der Waals surface area contributed by atoms with Crippen LogP contribution in [0.5, 0.6) is 5.75 Å². The van der Waals surface area contributed by atoms with E-state index in [1.807, 2.05) is 12.1 Å². The van der Waals surface area contributed by atoms with Crippen LogP contribution in [-0.2, 0) is 14.6 Å². The lowest BCUT2D eigenvalue weighted by Gasteiger charge is -2.33. The molecule has 0 saturated carbocycles. The van der Waals surface area contributed by atoms with E-state index < -0.39 is 9.84 Å². The average Bonchev–Trinajstić information content (AvgIpc) is 2.62. The zero-order chi connectivity index (χ0) is 19.4. The van der Waals surface area contributed by atoms with E-state index in [0.29, 0.717) is 12.2 Å². The van der Waals surface area contributed by atoms with Gasteiger partial charge < -0.3 is 20.2 Å². The number of para-hydroxylation sites is 2. The van der Waals surface area contributed by atoms with Gasteiger partial charge in [-0.15, -0.1) is 0 Å². The Bertz CT molecular complexity index is 922. The molecule has 144 valence electrons. The zero-order valence-corrected chi connectivity index (χ0v) is 16.0. The van der Waals surface area contributed by atoms with E-state index in [1.54, 1.807) is 24.3 Å². The number of hydrogen-bond donors (Lipinski definition) is 3. The summed E-state index contributed by atoms with van der Waals surface area (Å²) >= 11 is 0. The van der Waals surface area contributed by atoms with Gasteiger partial charge in [-0.2, -0.15) is 0 Å². The predicted molar refractivity (Wildman–Crippen MR) is 104 cm³/mol. The molecule has 1 amide bonds. The van der Waals surface area contributed by atoms with Crippen LogP contribution in [0, 0.1) is 0 Å². The van der Waals surface area contributed by atoms with E-state index in [1.165, 1.54) is 12.1 Å². The maximum absolute atomic E-state index is 12.3. The minimum Gasteiger partial charge on any atom is -0.506 e. The highest BCUT2D eigenvalue weighted by Crippen LogP contribution is 2.25. The third-order valence-corrected chi connectivity index (χ3v) is 5.76. The lowest BCUT2D eigenvalue weighted by Crippen LogP contribution is -3.15. The number of nitrogens with one attached hydrogen (secondary N) is 2. The molecule has 7 nitrogen and oxygen atoms in total. The van der Waals surface area contributed by atoms with Gasteiger partial charge in [0.25, 0.3) is 5.91 Å². The van der Waals surface area contributed by atoms with Crippen LogP contribution >= 0.6 is 0 Å². The van der Waals surface area contributed by atoms with Gasteiger partial charge in [-0.1, -0.05) is 18.2 Å². The number of benzene rings is 2. The monoisotopic (exact) mass is 390 g/mol. The average molecular weight is 390 g/mol. The van der Waals surface area contributed by atoms with Gasteiger partial charge in [0.2, 0.25) is 0 Å². The Morgan fingerprint density at radius 1 is 1.15 bits per heavy atom. The molecule has 0 spiro atoms. The number of phenols is 1. The van der Waals surface area contributed by atoms with Crippen molar-refractivity contribution in [3.05, 3.63) is 48.5 Å². The SMILES string of the molecule is CS(=O)(=O)c1cccc(NC(=O)C[NH+]2CCN(c3ccccc3O)CC2)c1. The molecule has 0 atom stereocenters. The molecule has 27 heavy (non-hydrogen) atoms. The molecule has 1 aliphatic rings. The minimum atomic E-state index is -3.31. The highest BCUT2D eigenvalue weighted by Gasteiger charge is 2.23. The van der Waals surface area contributed by atoms with Crippen molar-refractivity contribution in [3.63, 3.8) is 0 Å². The van der Waals surface area contributed by atoms with Gasteiger partial charge in [-0.25, -0.2) is 8.42 Å². The fourth-order valence-electron chi connectivity index (χ4n) is 3.21. The van der Waals surface area contributed by atoms with Gasteiger partial charge in [0, 0.05) is 11.9 Å². The number of piperazine rings is 1. The molecule has 0 bridgehead atoms. The number of rotatable bonds is 5. The number of carbonyl (C=O) groups excluding carboxylic acids is 1. The second kappa shape index (κ2) is 7.98. The Labute approximate surface area is 159 Å². The first-order valence-electron chi connectivity index (χ1n) is 8.79. The Balaban J connectivity index is 1.54. The number of hydrogen-bond acceptors (Lipinski definition) is 5. The van der Waals surface area contributed by atoms with Crippen LogP contribution in [0.25, 0.3) is 0 Å². The first-order valence-corrected chi connectivity index (χ1v) is 10.7. The van der Waals surface area contributed by atoms with E-state index >= 15 is 0 Å². The van der Waals surface area contributed by atoms with Crippen molar-refractivity contribution in [2.45, 2.75) is 4.90 Å². The summed E-state index contributed by atoms with van der Waals surface area (Å²) in [7, 11) is -3.31. The molecule has 3 N–H and O–H groups in total. The number of phenolic OH excluding ortho intramolecular Hbond substituents is 1. The van der Waals surface area contributed by atoms with Crippen molar-refractivity contribution >= 4 is 27.1 Å². The van der Waals surface area contributed by atoms with Crippen LogP contribution in [0.1, 0.15) is 0 Å². The van der Waals surface area contributed by atoms with Crippen LogP contribution in [-0.4, -0.2) is 58.4 Å². The molecule has 1 aliphatic heterocycles. The first kappa shape index (κ1) is 19.2. The largest absolute Gasteiger partial charge is 0.506 e. The van der Waals surface area contributed by atoms with Crippen molar-refractivity contribution in [3.8, 4) is 5.75 Å². The second-order valence-electron chi connectivity index (χ2n) is 6.75. The quantitative estimate of drug-likeness (QED) is 0.676. The minimum absolute atomic E-state index is 0.147. The molecule has 3 rings (SSSR count). The number of sulfone groups is 1. The lowest BCUT2D eigenvalue weighted by molar-refractivity contribution is -0.892. The summed E-state index contributed by atoms with van der Waals surface area (Å²) in [5.74, 6) is 0.121. The molecule has 1 saturated heterocycles. The fraction of sp³-hybridized carbons (Fsp3) is 0.316. The summed E-state index contributed by atoms with van der Waals surface area (Å²) in [6, 6.07) is 13.5. The van der Waals surface area contributed by atoms with Gasteiger partial charge in [-0.3, -0.25) is 4.79 Å². The van der Waals surface area contributed by atoms with E-state index in [4.69, 9.17) is 0 Å². The predicted octanol–water partition coefficient (Wildman–Crippen LogP) is 0.139. The molecule has 0 unspecified atom stereocenters. The van der Waals surface area contributed by atoms with Gasteiger partial charge in [0.1, 0.15) is 5.75 Å². The standard InChI is InChI=1S/C19H23N3O4S/c1-27(25,26)16-6-4-5-15(13-16)20-19(24)14-21-9-11-22(12-10-21)17-7-2-3-8-18(17)23/h2-8,13,23H,9-12,14H2,1H3,(H,20,24)/p+1. The van der Waals surface area contributed by atoms with Gasteiger partial charge in [-0.05, 0) is 30.3 Å².